The zero-order valence-electron chi connectivity index (χ0n) is 13.6. The van der Waals surface area contributed by atoms with Gasteiger partial charge >= 0.3 is 6.09 Å². The largest absolute Gasteiger partial charge is 0.495 e. The van der Waals surface area contributed by atoms with E-state index in [-0.39, 0.29) is 6.04 Å². The Morgan fingerprint density at radius 3 is 2.77 bits per heavy atom. The van der Waals surface area contributed by atoms with Gasteiger partial charge in [-0.15, -0.1) is 0 Å². The van der Waals surface area contributed by atoms with Crippen LogP contribution in [-0.4, -0.2) is 38.6 Å². The van der Waals surface area contributed by atoms with E-state index in [0.717, 1.165) is 18.7 Å². The number of amides is 1. The van der Waals surface area contributed by atoms with Gasteiger partial charge in [0.2, 0.25) is 0 Å². The first-order valence-electron chi connectivity index (χ1n) is 7.38. The number of methoxy groups -OCH3 is 1. The second-order valence-electron chi connectivity index (χ2n) is 6.17. The van der Waals surface area contributed by atoms with Gasteiger partial charge in [0.15, 0.2) is 0 Å². The Morgan fingerprint density at radius 1 is 1.41 bits per heavy atom. The van der Waals surface area contributed by atoms with Crippen molar-refractivity contribution < 1.29 is 19.0 Å². The van der Waals surface area contributed by atoms with Gasteiger partial charge in [0.1, 0.15) is 11.4 Å². The van der Waals surface area contributed by atoms with Crippen molar-refractivity contribution in [1.82, 2.24) is 5.32 Å². The SMILES string of the molecule is COc1cc(C2COCCN2)ccc1NC(=O)OC(C)(C)C. The summed E-state index contributed by atoms with van der Waals surface area (Å²) in [5.74, 6) is 0.593. The third-order valence-electron chi connectivity index (χ3n) is 3.19. The second kappa shape index (κ2) is 6.98. The fourth-order valence-corrected chi connectivity index (χ4v) is 2.22. The third-order valence-corrected chi connectivity index (χ3v) is 3.19. The van der Waals surface area contributed by atoms with E-state index < -0.39 is 11.7 Å². The topological polar surface area (TPSA) is 68.8 Å². The van der Waals surface area contributed by atoms with Gasteiger partial charge in [-0.2, -0.15) is 0 Å². The molecule has 22 heavy (non-hydrogen) atoms. The molecule has 1 fully saturated rings. The summed E-state index contributed by atoms with van der Waals surface area (Å²) in [4.78, 5) is 11.9. The van der Waals surface area contributed by atoms with Crippen molar-refractivity contribution in [2.45, 2.75) is 32.4 Å². The van der Waals surface area contributed by atoms with Crippen LogP contribution in [0.15, 0.2) is 18.2 Å². The predicted molar refractivity (Wildman–Crippen MR) is 84.4 cm³/mol. The molecule has 2 N–H and O–H groups in total. The highest BCUT2D eigenvalue weighted by Crippen LogP contribution is 2.29. The van der Waals surface area contributed by atoms with Crippen molar-refractivity contribution in [2.75, 3.05) is 32.2 Å². The molecular formula is C16H24N2O4. The average Bonchev–Trinajstić information content (AvgIpc) is 2.46. The van der Waals surface area contributed by atoms with E-state index >= 15 is 0 Å². The van der Waals surface area contributed by atoms with Crippen molar-refractivity contribution in [1.29, 1.82) is 0 Å². The van der Waals surface area contributed by atoms with Crippen LogP contribution in [-0.2, 0) is 9.47 Å². The van der Waals surface area contributed by atoms with Crippen molar-refractivity contribution in [3.63, 3.8) is 0 Å². The quantitative estimate of drug-likeness (QED) is 0.898. The van der Waals surface area contributed by atoms with Gasteiger partial charge in [-0.1, -0.05) is 6.07 Å². The molecule has 1 heterocycles. The first-order chi connectivity index (χ1) is 10.4. The normalized spacial score (nSPS) is 18.6. The molecule has 1 aliphatic heterocycles. The summed E-state index contributed by atoms with van der Waals surface area (Å²) in [7, 11) is 1.57. The number of carbonyl (C=O) groups excluding carboxylic acids is 1. The standard InChI is InChI=1S/C16H24N2O4/c1-16(2,3)22-15(19)18-12-6-5-11(9-14(12)20-4)13-10-21-8-7-17-13/h5-6,9,13,17H,7-8,10H2,1-4H3,(H,18,19). The molecule has 6 nitrogen and oxygen atoms in total. The molecule has 1 unspecified atom stereocenters. The fourth-order valence-electron chi connectivity index (χ4n) is 2.22. The molecule has 1 aromatic carbocycles. The summed E-state index contributed by atoms with van der Waals surface area (Å²) >= 11 is 0. The van der Waals surface area contributed by atoms with E-state index in [1.807, 2.05) is 39.0 Å². The van der Waals surface area contributed by atoms with Crippen LogP contribution in [0.2, 0.25) is 0 Å². The highest BCUT2D eigenvalue weighted by Gasteiger charge is 2.20. The lowest BCUT2D eigenvalue weighted by Gasteiger charge is -2.25. The molecule has 1 amide bonds. The Labute approximate surface area is 131 Å². The number of benzene rings is 1. The number of hydrogen-bond acceptors (Lipinski definition) is 5. The van der Waals surface area contributed by atoms with E-state index in [0.29, 0.717) is 18.0 Å². The van der Waals surface area contributed by atoms with Crippen LogP contribution in [0.1, 0.15) is 32.4 Å². The lowest BCUT2D eigenvalue weighted by Crippen LogP contribution is -2.34. The van der Waals surface area contributed by atoms with Crippen LogP contribution in [0.3, 0.4) is 0 Å². The maximum absolute atomic E-state index is 11.9. The minimum absolute atomic E-state index is 0.137. The molecule has 122 valence electrons. The van der Waals surface area contributed by atoms with Crippen LogP contribution in [0.5, 0.6) is 5.75 Å². The number of ether oxygens (including phenoxy) is 3. The number of anilines is 1. The Bertz CT molecular complexity index is 519. The molecule has 0 aromatic heterocycles. The second-order valence-corrected chi connectivity index (χ2v) is 6.17. The van der Waals surface area contributed by atoms with Gasteiger partial charge in [0, 0.05) is 6.54 Å². The van der Waals surface area contributed by atoms with Gasteiger partial charge in [-0.3, -0.25) is 5.32 Å². The molecular weight excluding hydrogens is 284 g/mol. The smallest absolute Gasteiger partial charge is 0.412 e. The van der Waals surface area contributed by atoms with Crippen LogP contribution >= 0.6 is 0 Å². The van der Waals surface area contributed by atoms with E-state index in [2.05, 4.69) is 10.6 Å². The van der Waals surface area contributed by atoms with Crippen molar-refractivity contribution in [2.24, 2.45) is 0 Å². The highest BCUT2D eigenvalue weighted by atomic mass is 16.6. The molecule has 1 aliphatic rings. The molecule has 1 saturated heterocycles. The van der Waals surface area contributed by atoms with E-state index in [9.17, 15) is 4.79 Å². The van der Waals surface area contributed by atoms with Gasteiger partial charge < -0.3 is 19.5 Å². The summed E-state index contributed by atoms with van der Waals surface area (Å²) in [6, 6.07) is 5.80. The first kappa shape index (κ1) is 16.6. The zero-order chi connectivity index (χ0) is 16.2. The van der Waals surface area contributed by atoms with E-state index in [1.54, 1.807) is 7.11 Å². The van der Waals surface area contributed by atoms with Crippen LogP contribution in [0.4, 0.5) is 10.5 Å². The summed E-state index contributed by atoms with van der Waals surface area (Å²) in [5, 5.41) is 6.10. The lowest BCUT2D eigenvalue weighted by atomic mass is 10.1. The molecule has 0 bridgehead atoms. The molecule has 0 radical (unpaired) electrons. The molecule has 0 spiro atoms. The fraction of sp³-hybridized carbons (Fsp3) is 0.562. The minimum atomic E-state index is -0.541. The van der Waals surface area contributed by atoms with Gasteiger partial charge in [0.05, 0.1) is 32.1 Å². The summed E-state index contributed by atoms with van der Waals surface area (Å²) < 4.78 is 16.1. The minimum Gasteiger partial charge on any atom is -0.495 e. The monoisotopic (exact) mass is 308 g/mol. The number of hydrogen-bond donors (Lipinski definition) is 2. The maximum atomic E-state index is 11.9. The average molecular weight is 308 g/mol. The van der Waals surface area contributed by atoms with Gasteiger partial charge in [-0.25, -0.2) is 4.79 Å². The molecule has 1 aromatic rings. The maximum Gasteiger partial charge on any atom is 0.412 e. The van der Waals surface area contributed by atoms with Crippen molar-refractivity contribution in [3.05, 3.63) is 23.8 Å². The Kier molecular flexibility index (Phi) is 5.26. The zero-order valence-corrected chi connectivity index (χ0v) is 13.6. The Balaban J connectivity index is 2.10. The number of morpholine rings is 1. The predicted octanol–water partition coefficient (Wildman–Crippen LogP) is 2.70. The molecule has 1 atom stereocenters. The van der Waals surface area contributed by atoms with Gasteiger partial charge in [0.25, 0.3) is 0 Å². The molecule has 0 saturated carbocycles. The van der Waals surface area contributed by atoms with Gasteiger partial charge in [-0.05, 0) is 38.5 Å². The summed E-state index contributed by atoms with van der Waals surface area (Å²) in [6.45, 7) is 7.64. The van der Waals surface area contributed by atoms with Crippen LogP contribution in [0.25, 0.3) is 0 Å². The van der Waals surface area contributed by atoms with Crippen molar-refractivity contribution >= 4 is 11.8 Å². The highest BCUT2D eigenvalue weighted by molar-refractivity contribution is 5.87. The summed E-state index contributed by atoms with van der Waals surface area (Å²) in [6.07, 6.45) is -0.502. The van der Waals surface area contributed by atoms with E-state index in [1.165, 1.54) is 0 Å². The van der Waals surface area contributed by atoms with Crippen molar-refractivity contribution in [3.8, 4) is 5.75 Å². The molecule has 0 aliphatic carbocycles. The molecule has 6 heteroatoms. The Morgan fingerprint density at radius 2 is 2.18 bits per heavy atom. The van der Waals surface area contributed by atoms with Crippen LogP contribution < -0.4 is 15.4 Å². The lowest BCUT2D eigenvalue weighted by molar-refractivity contribution is 0.0635. The number of nitrogens with one attached hydrogen (secondary N) is 2. The first-order valence-corrected chi connectivity index (χ1v) is 7.38. The van der Waals surface area contributed by atoms with Crippen LogP contribution in [0, 0.1) is 0 Å². The number of carbonyl (C=O) groups is 1. The third kappa shape index (κ3) is 4.61. The molecule has 2 rings (SSSR count). The number of rotatable bonds is 3. The Hall–Kier alpha value is -1.79. The summed E-state index contributed by atoms with van der Waals surface area (Å²) in [5.41, 5.74) is 1.10. The van der Waals surface area contributed by atoms with E-state index in [4.69, 9.17) is 14.2 Å².